The van der Waals surface area contributed by atoms with Gasteiger partial charge < -0.3 is 15.1 Å². The molecule has 4 nitrogen and oxygen atoms in total. The molecule has 0 aliphatic carbocycles. The van der Waals surface area contributed by atoms with Crippen molar-refractivity contribution >= 4 is 26.5 Å². The summed E-state index contributed by atoms with van der Waals surface area (Å²) in [7, 11) is -3.13. The first-order chi connectivity index (χ1) is 1.73. The van der Waals surface area contributed by atoms with Gasteiger partial charge in [-0.05, 0) is 0 Å². The number of rotatable bonds is 0. The van der Waals surface area contributed by atoms with E-state index in [0.717, 1.165) is 0 Å². The van der Waals surface area contributed by atoms with E-state index in [9.17, 15) is 0 Å². The van der Waals surface area contributed by atoms with Crippen molar-refractivity contribution in [2.24, 2.45) is 0 Å². The Balaban J connectivity index is -0.0000000450. The molecule has 0 bridgehead atoms. The van der Waals surface area contributed by atoms with Crippen molar-refractivity contribution in [3.05, 3.63) is 0 Å². The van der Waals surface area contributed by atoms with E-state index in [1.165, 1.54) is 0 Å². The summed E-state index contributed by atoms with van der Waals surface area (Å²) < 4.78 is 8.74. The minimum atomic E-state index is -3.13. The van der Waals surface area contributed by atoms with E-state index in [0.29, 0.717) is 0 Å². The second-order valence-corrected chi connectivity index (χ2v) is 0.848. The molecule has 0 aliphatic rings. The van der Waals surface area contributed by atoms with E-state index in [-0.39, 0.29) is 22.8 Å². The van der Waals surface area contributed by atoms with Gasteiger partial charge in [0.1, 0.15) is 0 Å². The molecule has 0 atom stereocenters. The Hall–Kier alpha value is 0.109. The standard InChI is InChI=1S/Al.H2O3Si.O/c;1-4(2)3;/h;1-2H;/q+3;;-2. The van der Waals surface area contributed by atoms with E-state index < -0.39 is 9.17 Å². The Bertz CT molecular complexity index is 30.5. The van der Waals surface area contributed by atoms with Gasteiger partial charge in [0.05, 0.1) is 0 Å². The molecule has 0 amide bonds. The third-order valence-corrected chi connectivity index (χ3v) is 0. The maximum absolute atomic E-state index is 8.74. The summed E-state index contributed by atoms with van der Waals surface area (Å²) in [6.07, 6.45) is 0. The topological polar surface area (TPSA) is 86.0 Å². The van der Waals surface area contributed by atoms with Gasteiger partial charge in [0.2, 0.25) is 0 Å². The van der Waals surface area contributed by atoms with Gasteiger partial charge >= 0.3 is 26.5 Å². The van der Waals surface area contributed by atoms with Crippen LogP contribution in [0.5, 0.6) is 0 Å². The zero-order valence-corrected chi connectivity index (χ0v) is 4.94. The third-order valence-electron chi connectivity index (χ3n) is 0. The molecule has 0 saturated heterocycles. The third kappa shape index (κ3) is 3320. The van der Waals surface area contributed by atoms with Gasteiger partial charge in [-0.2, -0.15) is 0 Å². The van der Waals surface area contributed by atoms with Crippen LogP contribution in [0.2, 0.25) is 0 Å². The predicted octanol–water partition coefficient (Wildman–Crippen LogP) is -2.11. The van der Waals surface area contributed by atoms with Gasteiger partial charge in [-0.25, -0.2) is 0 Å². The molecule has 0 spiro atoms. The van der Waals surface area contributed by atoms with Crippen LogP contribution in [0.4, 0.5) is 0 Å². The molecule has 0 fully saturated rings. The van der Waals surface area contributed by atoms with E-state index in [1.807, 2.05) is 0 Å². The maximum Gasteiger partial charge on any atom is 3.00 e. The molecule has 32 valence electrons. The largest absolute Gasteiger partial charge is 3.00 e. The number of hydrogen-bond donors (Lipinski definition) is 2. The van der Waals surface area contributed by atoms with Crippen LogP contribution in [0.1, 0.15) is 0 Å². The molecule has 6 heavy (non-hydrogen) atoms. The Morgan fingerprint density at radius 1 is 1.33 bits per heavy atom. The first-order valence-corrected chi connectivity index (χ1v) is 1.95. The molecular weight excluding hydrogens is 119 g/mol. The van der Waals surface area contributed by atoms with Gasteiger partial charge in [0.15, 0.2) is 0 Å². The fourth-order valence-corrected chi connectivity index (χ4v) is 0. The van der Waals surface area contributed by atoms with Crippen molar-refractivity contribution in [3.63, 3.8) is 0 Å². The van der Waals surface area contributed by atoms with E-state index in [1.54, 1.807) is 0 Å². The first-order valence-electron chi connectivity index (χ1n) is 0.651. The van der Waals surface area contributed by atoms with Gasteiger partial charge in [0, 0.05) is 0 Å². The molecule has 0 rings (SSSR count). The van der Waals surface area contributed by atoms with Crippen LogP contribution < -0.4 is 0 Å². The SMILES string of the molecule is O=[Si](O)O.[Al+3].[O-2]. The fraction of sp³-hybridized carbons (Fsp3) is 0. The van der Waals surface area contributed by atoms with Crippen LogP contribution in [-0.2, 0) is 9.94 Å². The molecule has 0 aromatic carbocycles. The Morgan fingerprint density at radius 3 is 1.33 bits per heavy atom. The Kier molecular flexibility index (Phi) is 24.5. The normalized spacial score (nSPS) is 4.00. The molecule has 0 aromatic heterocycles. The van der Waals surface area contributed by atoms with Crippen LogP contribution in [0.25, 0.3) is 0 Å². The summed E-state index contributed by atoms with van der Waals surface area (Å²) in [5, 5.41) is 0. The van der Waals surface area contributed by atoms with Crippen LogP contribution in [-0.4, -0.2) is 36.1 Å². The molecule has 2 N–H and O–H groups in total. The maximum atomic E-state index is 8.74. The predicted molar refractivity (Wildman–Crippen MR) is 17.3 cm³/mol. The van der Waals surface area contributed by atoms with Crippen LogP contribution in [0.15, 0.2) is 0 Å². The van der Waals surface area contributed by atoms with E-state index >= 15 is 0 Å². The zero-order valence-electron chi connectivity index (χ0n) is 2.79. The number of hydrogen-bond acceptors (Lipinski definition) is 1. The zero-order chi connectivity index (χ0) is 3.58. The van der Waals surface area contributed by atoms with Gasteiger partial charge in [0.25, 0.3) is 0 Å². The summed E-state index contributed by atoms with van der Waals surface area (Å²) in [4.78, 5) is 14.3. The Labute approximate surface area is 46.8 Å². The minimum absolute atomic E-state index is 0. The molecule has 0 unspecified atom stereocenters. The monoisotopic (exact) mass is 121 g/mol. The molecule has 0 aromatic rings. The van der Waals surface area contributed by atoms with Gasteiger partial charge in [-0.1, -0.05) is 0 Å². The second-order valence-electron chi connectivity index (χ2n) is 0.283. The molecular formula is H2AlO4Si+. The smallest absolute Gasteiger partial charge is 2.00 e. The molecule has 0 radical (unpaired) electrons. The summed E-state index contributed by atoms with van der Waals surface area (Å²) in [5.74, 6) is 0. The van der Waals surface area contributed by atoms with E-state index in [2.05, 4.69) is 0 Å². The van der Waals surface area contributed by atoms with Crippen molar-refractivity contribution in [1.29, 1.82) is 0 Å². The molecule has 0 saturated carbocycles. The van der Waals surface area contributed by atoms with Gasteiger partial charge in [-0.3, -0.25) is 4.46 Å². The summed E-state index contributed by atoms with van der Waals surface area (Å²) in [5.41, 5.74) is 0. The second kappa shape index (κ2) is 8.92. The van der Waals surface area contributed by atoms with E-state index in [4.69, 9.17) is 14.1 Å². The van der Waals surface area contributed by atoms with Crippen LogP contribution >= 0.6 is 0 Å². The van der Waals surface area contributed by atoms with Crippen molar-refractivity contribution in [3.8, 4) is 0 Å². The molecule has 0 heterocycles. The Morgan fingerprint density at radius 2 is 1.33 bits per heavy atom. The van der Waals surface area contributed by atoms with Crippen molar-refractivity contribution in [2.45, 2.75) is 0 Å². The quantitative estimate of drug-likeness (QED) is 0.359. The average molecular weight is 121 g/mol. The first kappa shape index (κ1) is 16.5. The summed E-state index contributed by atoms with van der Waals surface area (Å²) in [6.45, 7) is 0. The molecule has 0 aliphatic heterocycles. The van der Waals surface area contributed by atoms with Crippen molar-refractivity contribution in [2.75, 3.05) is 0 Å². The van der Waals surface area contributed by atoms with Crippen molar-refractivity contribution < 1.29 is 19.5 Å². The van der Waals surface area contributed by atoms with Gasteiger partial charge in [-0.15, -0.1) is 0 Å². The fourth-order valence-electron chi connectivity index (χ4n) is 0. The minimum Gasteiger partial charge on any atom is -2.00 e. The van der Waals surface area contributed by atoms with Crippen LogP contribution in [0.3, 0.4) is 0 Å². The summed E-state index contributed by atoms with van der Waals surface area (Å²) in [6, 6.07) is 0. The van der Waals surface area contributed by atoms with Crippen LogP contribution in [0, 0.1) is 0 Å². The average Bonchev–Trinajstić information content (AvgIpc) is 0.811. The molecule has 6 heteroatoms. The summed E-state index contributed by atoms with van der Waals surface area (Å²) >= 11 is 0. The van der Waals surface area contributed by atoms with Crippen molar-refractivity contribution in [1.82, 2.24) is 0 Å².